The van der Waals surface area contributed by atoms with Gasteiger partial charge in [0.25, 0.3) is 0 Å². The van der Waals surface area contributed by atoms with Gasteiger partial charge < -0.3 is 5.32 Å². The minimum absolute atomic E-state index is 0.326. The number of nitrogens with zero attached hydrogens (tertiary/aromatic N) is 1. The SMILES string of the molecule is O=C(CS(=O)(=O)/C=C\c1ccc(Cl)cc1)Nc1nc(-c2ccc(Cl)cc2)cs1. The van der Waals surface area contributed by atoms with E-state index in [9.17, 15) is 13.2 Å². The Hall–Kier alpha value is -2.19. The molecule has 0 saturated heterocycles. The highest BCUT2D eigenvalue weighted by Gasteiger charge is 2.15. The fraction of sp³-hybridized carbons (Fsp3) is 0.0526. The molecule has 0 bridgehead atoms. The maximum Gasteiger partial charge on any atom is 0.241 e. The number of amides is 1. The molecule has 144 valence electrons. The first-order valence-electron chi connectivity index (χ1n) is 7.98. The molecule has 0 aliphatic heterocycles. The third-order valence-electron chi connectivity index (χ3n) is 3.56. The van der Waals surface area contributed by atoms with E-state index in [1.165, 1.54) is 17.4 Å². The van der Waals surface area contributed by atoms with Gasteiger partial charge in [-0.15, -0.1) is 11.3 Å². The highest BCUT2D eigenvalue weighted by molar-refractivity contribution is 7.95. The summed E-state index contributed by atoms with van der Waals surface area (Å²) in [6.45, 7) is 0. The van der Waals surface area contributed by atoms with E-state index in [1.54, 1.807) is 41.8 Å². The first kappa shape index (κ1) is 20.5. The number of benzene rings is 2. The molecule has 9 heteroatoms. The van der Waals surface area contributed by atoms with Crippen molar-refractivity contribution in [1.29, 1.82) is 0 Å². The average Bonchev–Trinajstić information content (AvgIpc) is 3.09. The molecule has 0 fully saturated rings. The van der Waals surface area contributed by atoms with E-state index in [0.717, 1.165) is 11.0 Å². The van der Waals surface area contributed by atoms with Crippen LogP contribution in [0.4, 0.5) is 5.13 Å². The molecule has 1 amide bonds. The summed E-state index contributed by atoms with van der Waals surface area (Å²) in [5, 5.41) is 6.80. The molecule has 0 aliphatic rings. The minimum Gasteiger partial charge on any atom is -0.301 e. The molecule has 3 aromatic rings. The topological polar surface area (TPSA) is 76.1 Å². The molecule has 28 heavy (non-hydrogen) atoms. The van der Waals surface area contributed by atoms with E-state index >= 15 is 0 Å². The summed E-state index contributed by atoms with van der Waals surface area (Å²) in [5.41, 5.74) is 2.18. The van der Waals surface area contributed by atoms with Crippen LogP contribution in [0.15, 0.2) is 59.3 Å². The summed E-state index contributed by atoms with van der Waals surface area (Å²) >= 11 is 12.9. The Labute approximate surface area is 176 Å². The molecule has 3 rings (SSSR count). The zero-order valence-corrected chi connectivity index (χ0v) is 17.4. The van der Waals surface area contributed by atoms with Gasteiger partial charge in [0, 0.05) is 26.4 Å². The second kappa shape index (κ2) is 8.87. The summed E-state index contributed by atoms with van der Waals surface area (Å²) in [4.78, 5) is 16.4. The van der Waals surface area contributed by atoms with E-state index in [4.69, 9.17) is 23.2 Å². The number of hydrogen-bond acceptors (Lipinski definition) is 5. The summed E-state index contributed by atoms with van der Waals surface area (Å²) in [7, 11) is -3.72. The summed E-state index contributed by atoms with van der Waals surface area (Å²) in [6.07, 6.45) is 1.42. The van der Waals surface area contributed by atoms with Crippen molar-refractivity contribution in [2.24, 2.45) is 0 Å². The predicted molar refractivity (Wildman–Crippen MR) is 115 cm³/mol. The van der Waals surface area contributed by atoms with Crippen LogP contribution in [-0.4, -0.2) is 25.1 Å². The van der Waals surface area contributed by atoms with E-state index in [-0.39, 0.29) is 0 Å². The zero-order chi connectivity index (χ0) is 20.1. The number of halogens is 2. The number of nitrogens with one attached hydrogen (secondary N) is 1. The standard InChI is InChI=1S/C19H14Cl2N2O3S2/c20-15-5-1-13(2-6-15)9-10-28(25,26)12-18(24)23-19-22-17(11-27-19)14-3-7-16(21)8-4-14/h1-11H,12H2,(H,22,23,24)/b10-9-. The monoisotopic (exact) mass is 452 g/mol. The normalized spacial score (nSPS) is 11.6. The second-order valence-electron chi connectivity index (χ2n) is 5.75. The largest absolute Gasteiger partial charge is 0.301 e. The zero-order valence-electron chi connectivity index (χ0n) is 14.3. The Balaban J connectivity index is 1.61. The van der Waals surface area contributed by atoms with E-state index in [2.05, 4.69) is 10.3 Å². The lowest BCUT2D eigenvalue weighted by Crippen LogP contribution is -2.21. The molecule has 0 saturated carbocycles. The molecule has 1 heterocycles. The third kappa shape index (κ3) is 5.90. The minimum atomic E-state index is -3.72. The number of carbonyl (C=O) groups is 1. The van der Waals surface area contributed by atoms with E-state index in [1.807, 2.05) is 12.1 Å². The molecule has 0 radical (unpaired) electrons. The lowest BCUT2D eigenvalue weighted by Gasteiger charge is -2.01. The van der Waals surface area contributed by atoms with Crippen LogP contribution in [0.3, 0.4) is 0 Å². The van der Waals surface area contributed by atoms with Crippen LogP contribution in [0.5, 0.6) is 0 Å². The molecule has 5 nitrogen and oxygen atoms in total. The highest BCUT2D eigenvalue weighted by Crippen LogP contribution is 2.26. The van der Waals surface area contributed by atoms with Crippen molar-refractivity contribution in [3.05, 3.63) is 74.9 Å². The second-order valence-corrected chi connectivity index (χ2v) is 9.37. The van der Waals surface area contributed by atoms with E-state index < -0.39 is 21.5 Å². The highest BCUT2D eigenvalue weighted by atomic mass is 35.5. The average molecular weight is 453 g/mol. The van der Waals surface area contributed by atoms with Crippen molar-refractivity contribution in [3.8, 4) is 11.3 Å². The summed E-state index contributed by atoms with van der Waals surface area (Å²) in [5.74, 6) is -1.33. The number of anilines is 1. The third-order valence-corrected chi connectivity index (χ3v) is 6.04. The van der Waals surface area contributed by atoms with Crippen LogP contribution >= 0.6 is 34.5 Å². The van der Waals surface area contributed by atoms with Gasteiger partial charge >= 0.3 is 0 Å². The lowest BCUT2D eigenvalue weighted by molar-refractivity contribution is -0.113. The van der Waals surface area contributed by atoms with Gasteiger partial charge in [0.1, 0.15) is 5.75 Å². The van der Waals surface area contributed by atoms with Gasteiger partial charge in [-0.2, -0.15) is 0 Å². The Kier molecular flexibility index (Phi) is 6.51. The van der Waals surface area contributed by atoms with Gasteiger partial charge in [-0.25, -0.2) is 13.4 Å². The molecule has 1 aromatic heterocycles. The van der Waals surface area contributed by atoms with Gasteiger partial charge in [0.2, 0.25) is 5.91 Å². The number of thiazole rings is 1. The lowest BCUT2D eigenvalue weighted by atomic mass is 10.2. The van der Waals surface area contributed by atoms with Crippen molar-refractivity contribution in [3.63, 3.8) is 0 Å². The van der Waals surface area contributed by atoms with Gasteiger partial charge in [-0.05, 0) is 35.9 Å². The molecular weight excluding hydrogens is 439 g/mol. The Morgan fingerprint density at radius 2 is 1.64 bits per heavy atom. The van der Waals surface area contributed by atoms with Crippen molar-refractivity contribution in [1.82, 2.24) is 4.98 Å². The van der Waals surface area contributed by atoms with Crippen LogP contribution in [0.1, 0.15) is 5.56 Å². The van der Waals surface area contributed by atoms with Crippen molar-refractivity contribution in [2.75, 3.05) is 11.1 Å². The van der Waals surface area contributed by atoms with Crippen LogP contribution in [0.2, 0.25) is 10.0 Å². The number of aromatic nitrogens is 1. The molecule has 0 spiro atoms. The van der Waals surface area contributed by atoms with Crippen LogP contribution in [-0.2, 0) is 14.6 Å². The first-order chi connectivity index (χ1) is 13.3. The Morgan fingerprint density at radius 1 is 1.04 bits per heavy atom. The number of carbonyl (C=O) groups excluding carboxylic acids is 1. The van der Waals surface area contributed by atoms with E-state index in [0.29, 0.717) is 26.4 Å². The van der Waals surface area contributed by atoms with Crippen LogP contribution < -0.4 is 5.32 Å². The Morgan fingerprint density at radius 3 is 2.29 bits per heavy atom. The van der Waals surface area contributed by atoms with Crippen LogP contribution in [0, 0.1) is 0 Å². The van der Waals surface area contributed by atoms with Crippen molar-refractivity contribution in [2.45, 2.75) is 0 Å². The first-order valence-corrected chi connectivity index (χ1v) is 11.3. The summed E-state index contributed by atoms with van der Waals surface area (Å²) < 4.78 is 24.3. The van der Waals surface area contributed by atoms with Gasteiger partial charge in [-0.3, -0.25) is 4.79 Å². The molecule has 0 aliphatic carbocycles. The number of rotatable bonds is 6. The number of sulfone groups is 1. The Bertz CT molecular complexity index is 1110. The van der Waals surface area contributed by atoms with Crippen molar-refractivity contribution < 1.29 is 13.2 Å². The number of hydrogen-bond donors (Lipinski definition) is 1. The predicted octanol–water partition coefficient (Wildman–Crippen LogP) is 5.14. The fourth-order valence-corrected chi connectivity index (χ4v) is 4.11. The quantitative estimate of drug-likeness (QED) is 0.561. The van der Waals surface area contributed by atoms with Crippen molar-refractivity contribution >= 4 is 61.5 Å². The molecular formula is C19H14Cl2N2O3S2. The van der Waals surface area contributed by atoms with Crippen LogP contribution in [0.25, 0.3) is 17.3 Å². The molecule has 0 atom stereocenters. The van der Waals surface area contributed by atoms with Gasteiger partial charge in [-0.1, -0.05) is 47.5 Å². The molecule has 0 unspecified atom stereocenters. The van der Waals surface area contributed by atoms with Gasteiger partial charge in [0.05, 0.1) is 5.69 Å². The maximum atomic E-state index is 12.1. The van der Waals surface area contributed by atoms with Gasteiger partial charge in [0.15, 0.2) is 15.0 Å². The fourth-order valence-electron chi connectivity index (χ4n) is 2.23. The smallest absolute Gasteiger partial charge is 0.241 e. The summed E-state index contributed by atoms with van der Waals surface area (Å²) in [6, 6.07) is 13.8. The molecule has 1 N–H and O–H groups in total. The maximum absolute atomic E-state index is 12.1. The molecule has 2 aromatic carbocycles.